The maximum absolute atomic E-state index is 11.6. The topological polar surface area (TPSA) is 63.2 Å². The van der Waals surface area contributed by atoms with E-state index in [1.807, 2.05) is 12.1 Å². The van der Waals surface area contributed by atoms with Crippen molar-refractivity contribution in [2.75, 3.05) is 23.8 Å². The maximum atomic E-state index is 11.6. The summed E-state index contributed by atoms with van der Waals surface area (Å²) >= 11 is 1.62. The number of amides is 1. The van der Waals surface area contributed by atoms with Crippen LogP contribution in [0.2, 0.25) is 0 Å². The highest BCUT2D eigenvalue weighted by atomic mass is 32.1. The number of aromatic nitrogens is 1. The standard InChI is InChI=1S/C18H21N3O2S/c22-17-5-1-3-12-9-13(6-7-15(12)20-17)16-11-24-18(21-16)19-10-14-4-2-8-23-14/h6-7,9,11,14H,1-5,8,10H2,(H,19,21)(H,20,22)/t14-/m1/s1. The third-order valence-corrected chi connectivity index (χ3v) is 5.33. The molecule has 0 bridgehead atoms. The molecule has 126 valence electrons. The lowest BCUT2D eigenvalue weighted by Crippen LogP contribution is -2.18. The number of benzene rings is 1. The zero-order valence-electron chi connectivity index (χ0n) is 13.5. The molecule has 1 amide bonds. The Morgan fingerprint density at radius 2 is 2.29 bits per heavy atom. The normalized spacial score (nSPS) is 20.3. The van der Waals surface area contributed by atoms with Crippen LogP contribution in [0.5, 0.6) is 0 Å². The average molecular weight is 343 g/mol. The molecule has 1 aromatic carbocycles. The second kappa shape index (κ2) is 6.91. The van der Waals surface area contributed by atoms with Gasteiger partial charge in [-0.1, -0.05) is 6.07 Å². The molecule has 2 aliphatic heterocycles. The Balaban J connectivity index is 1.47. The molecule has 2 aliphatic rings. The monoisotopic (exact) mass is 343 g/mol. The van der Waals surface area contributed by atoms with Gasteiger partial charge in [-0.05, 0) is 43.4 Å². The molecule has 1 atom stereocenters. The molecule has 0 saturated carbocycles. The Bertz CT molecular complexity index is 738. The number of anilines is 2. The van der Waals surface area contributed by atoms with Crippen LogP contribution in [-0.4, -0.2) is 30.1 Å². The number of hydrogen-bond acceptors (Lipinski definition) is 5. The van der Waals surface area contributed by atoms with E-state index in [1.165, 1.54) is 5.56 Å². The lowest BCUT2D eigenvalue weighted by molar-refractivity contribution is -0.116. The van der Waals surface area contributed by atoms with Crippen LogP contribution in [-0.2, 0) is 16.0 Å². The van der Waals surface area contributed by atoms with E-state index in [9.17, 15) is 4.79 Å². The fraction of sp³-hybridized carbons (Fsp3) is 0.444. The van der Waals surface area contributed by atoms with Crippen molar-refractivity contribution in [2.45, 2.75) is 38.2 Å². The molecule has 0 radical (unpaired) electrons. The van der Waals surface area contributed by atoms with Crippen LogP contribution in [0.1, 0.15) is 31.2 Å². The minimum absolute atomic E-state index is 0.107. The first-order valence-corrected chi connectivity index (χ1v) is 9.40. The zero-order chi connectivity index (χ0) is 16.4. The van der Waals surface area contributed by atoms with Crippen molar-refractivity contribution in [3.8, 4) is 11.3 Å². The predicted octanol–water partition coefficient (Wildman–Crippen LogP) is 3.68. The van der Waals surface area contributed by atoms with Crippen LogP contribution in [0.15, 0.2) is 23.6 Å². The Hall–Kier alpha value is -1.92. The molecular formula is C18H21N3O2S. The molecule has 1 saturated heterocycles. The van der Waals surface area contributed by atoms with Crippen LogP contribution in [0.4, 0.5) is 10.8 Å². The van der Waals surface area contributed by atoms with Crippen molar-refractivity contribution < 1.29 is 9.53 Å². The zero-order valence-corrected chi connectivity index (χ0v) is 14.3. The number of carbonyl (C=O) groups excluding carboxylic acids is 1. The Morgan fingerprint density at radius 1 is 1.33 bits per heavy atom. The van der Waals surface area contributed by atoms with Crippen molar-refractivity contribution in [1.82, 2.24) is 4.98 Å². The molecule has 1 aromatic heterocycles. The summed E-state index contributed by atoms with van der Waals surface area (Å²) in [6.07, 6.45) is 5.01. The van der Waals surface area contributed by atoms with E-state index in [4.69, 9.17) is 9.72 Å². The minimum atomic E-state index is 0.107. The second-order valence-corrected chi connectivity index (χ2v) is 7.19. The summed E-state index contributed by atoms with van der Waals surface area (Å²) < 4.78 is 5.63. The first-order valence-electron chi connectivity index (χ1n) is 8.52. The summed E-state index contributed by atoms with van der Waals surface area (Å²) in [5.74, 6) is 0.107. The van der Waals surface area contributed by atoms with Gasteiger partial charge in [0.25, 0.3) is 0 Å². The van der Waals surface area contributed by atoms with Crippen LogP contribution in [0, 0.1) is 0 Å². The van der Waals surface area contributed by atoms with E-state index < -0.39 is 0 Å². The van der Waals surface area contributed by atoms with Gasteiger partial charge in [-0.25, -0.2) is 4.98 Å². The number of rotatable bonds is 4. The van der Waals surface area contributed by atoms with Gasteiger partial charge in [-0.3, -0.25) is 4.79 Å². The van der Waals surface area contributed by atoms with Gasteiger partial charge in [-0.15, -0.1) is 11.3 Å². The van der Waals surface area contributed by atoms with Crippen molar-refractivity contribution in [2.24, 2.45) is 0 Å². The van der Waals surface area contributed by atoms with Gasteiger partial charge in [-0.2, -0.15) is 0 Å². The summed E-state index contributed by atoms with van der Waals surface area (Å²) in [7, 11) is 0. The number of thiazole rings is 1. The first-order chi connectivity index (χ1) is 11.8. The number of hydrogen-bond donors (Lipinski definition) is 2. The molecule has 0 spiro atoms. The van der Waals surface area contributed by atoms with E-state index in [1.54, 1.807) is 11.3 Å². The summed E-state index contributed by atoms with van der Waals surface area (Å²) in [6.45, 7) is 1.70. The number of fused-ring (bicyclic) bond motifs is 1. The highest BCUT2D eigenvalue weighted by Crippen LogP contribution is 2.30. The van der Waals surface area contributed by atoms with Crippen molar-refractivity contribution >= 4 is 28.1 Å². The average Bonchev–Trinajstić information content (AvgIpc) is 3.22. The maximum Gasteiger partial charge on any atom is 0.224 e. The molecule has 5 nitrogen and oxygen atoms in total. The van der Waals surface area contributed by atoms with Crippen molar-refractivity contribution in [1.29, 1.82) is 0 Å². The van der Waals surface area contributed by atoms with E-state index in [2.05, 4.69) is 22.1 Å². The van der Waals surface area contributed by atoms with Gasteiger partial charge in [0, 0.05) is 36.2 Å². The van der Waals surface area contributed by atoms with Crippen LogP contribution >= 0.6 is 11.3 Å². The number of carbonyl (C=O) groups is 1. The van der Waals surface area contributed by atoms with Crippen molar-refractivity contribution in [3.63, 3.8) is 0 Å². The predicted molar refractivity (Wildman–Crippen MR) is 96.6 cm³/mol. The van der Waals surface area contributed by atoms with Gasteiger partial charge in [0.1, 0.15) is 0 Å². The summed E-state index contributed by atoms with van der Waals surface area (Å²) in [6, 6.07) is 6.18. The Kier molecular flexibility index (Phi) is 4.49. The first kappa shape index (κ1) is 15.6. The van der Waals surface area contributed by atoms with Crippen molar-refractivity contribution in [3.05, 3.63) is 29.1 Å². The lowest BCUT2D eigenvalue weighted by atomic mass is 10.0. The number of nitrogens with zero attached hydrogens (tertiary/aromatic N) is 1. The van der Waals surface area contributed by atoms with Crippen LogP contribution in [0.3, 0.4) is 0 Å². The molecule has 1 fully saturated rings. The third-order valence-electron chi connectivity index (χ3n) is 4.53. The number of aryl methyl sites for hydroxylation is 1. The minimum Gasteiger partial charge on any atom is -0.376 e. The fourth-order valence-electron chi connectivity index (χ4n) is 3.23. The molecule has 4 rings (SSSR count). The Morgan fingerprint density at radius 3 is 3.17 bits per heavy atom. The SMILES string of the molecule is O=C1CCCc2cc(-c3csc(NC[C@H]4CCCO4)n3)ccc2N1. The Labute approximate surface area is 145 Å². The summed E-state index contributed by atoms with van der Waals surface area (Å²) in [5, 5.41) is 9.37. The largest absolute Gasteiger partial charge is 0.376 e. The van der Waals surface area contributed by atoms with E-state index in [-0.39, 0.29) is 5.91 Å². The third kappa shape index (κ3) is 3.44. The number of ether oxygens (including phenoxy) is 1. The second-order valence-electron chi connectivity index (χ2n) is 6.33. The van der Waals surface area contributed by atoms with Crippen LogP contribution in [0.25, 0.3) is 11.3 Å². The molecule has 0 unspecified atom stereocenters. The fourth-order valence-corrected chi connectivity index (χ4v) is 3.96. The van der Waals surface area contributed by atoms with Crippen LogP contribution < -0.4 is 10.6 Å². The molecule has 24 heavy (non-hydrogen) atoms. The highest BCUT2D eigenvalue weighted by molar-refractivity contribution is 7.14. The molecule has 6 heteroatoms. The quantitative estimate of drug-likeness (QED) is 0.889. The molecule has 0 aliphatic carbocycles. The molecular weight excluding hydrogens is 322 g/mol. The van der Waals surface area contributed by atoms with E-state index in [0.29, 0.717) is 12.5 Å². The van der Waals surface area contributed by atoms with Gasteiger partial charge >= 0.3 is 0 Å². The smallest absolute Gasteiger partial charge is 0.224 e. The highest BCUT2D eigenvalue weighted by Gasteiger charge is 2.16. The van der Waals surface area contributed by atoms with E-state index >= 15 is 0 Å². The van der Waals surface area contributed by atoms with E-state index in [0.717, 1.165) is 60.9 Å². The van der Waals surface area contributed by atoms with Gasteiger partial charge in [0.05, 0.1) is 11.8 Å². The van der Waals surface area contributed by atoms with Gasteiger partial charge in [0.15, 0.2) is 5.13 Å². The van der Waals surface area contributed by atoms with Gasteiger partial charge < -0.3 is 15.4 Å². The molecule has 2 aromatic rings. The number of nitrogens with one attached hydrogen (secondary N) is 2. The molecule has 3 heterocycles. The summed E-state index contributed by atoms with van der Waals surface area (Å²) in [4.78, 5) is 16.3. The van der Waals surface area contributed by atoms with Gasteiger partial charge in [0.2, 0.25) is 5.91 Å². The summed E-state index contributed by atoms with van der Waals surface area (Å²) in [5.41, 5.74) is 4.22. The molecule has 2 N–H and O–H groups in total. The lowest BCUT2D eigenvalue weighted by Gasteiger charge is -2.09.